The van der Waals surface area contributed by atoms with Crippen molar-refractivity contribution in [2.45, 2.75) is 98.8 Å². The standard InChI is InChI=1S/C30H42O4/c1-7-9-10-17-26(27(31)8-2)29(28(32)21-25-16-12-15-24(6)20-25)30(33)34-19-18-23(5)14-11-13-22(3)4/h2,13,18,20,25H,7,9-12,14-17,19,21H2,1,3-6H3/b23-18+,29-26+. The fourth-order valence-corrected chi connectivity index (χ4v) is 4.13. The van der Waals surface area contributed by atoms with Crippen LogP contribution in [0.25, 0.3) is 0 Å². The van der Waals surface area contributed by atoms with Crippen molar-refractivity contribution in [3.63, 3.8) is 0 Å². The van der Waals surface area contributed by atoms with Crippen LogP contribution < -0.4 is 0 Å². The molecule has 0 spiro atoms. The Morgan fingerprint density at radius 1 is 1.15 bits per heavy atom. The van der Waals surface area contributed by atoms with Gasteiger partial charge in [-0.25, -0.2) is 4.79 Å². The van der Waals surface area contributed by atoms with Crippen molar-refractivity contribution in [3.8, 4) is 12.3 Å². The van der Waals surface area contributed by atoms with E-state index in [0.717, 1.165) is 50.5 Å². The molecule has 34 heavy (non-hydrogen) atoms. The van der Waals surface area contributed by atoms with Crippen molar-refractivity contribution in [3.05, 3.63) is 46.1 Å². The van der Waals surface area contributed by atoms with Crippen LogP contribution in [0.1, 0.15) is 98.8 Å². The Hall–Kier alpha value is -2.67. The first kappa shape index (κ1) is 29.4. The minimum Gasteiger partial charge on any atom is -0.458 e. The highest BCUT2D eigenvalue weighted by Crippen LogP contribution is 2.28. The molecule has 0 N–H and O–H groups in total. The average molecular weight is 467 g/mol. The zero-order valence-corrected chi connectivity index (χ0v) is 21.8. The van der Waals surface area contributed by atoms with Gasteiger partial charge >= 0.3 is 5.97 Å². The molecule has 1 rings (SSSR count). The first-order valence-electron chi connectivity index (χ1n) is 12.6. The van der Waals surface area contributed by atoms with Gasteiger partial charge in [-0.05, 0) is 90.6 Å². The molecule has 1 atom stereocenters. The second-order valence-electron chi connectivity index (χ2n) is 9.55. The number of rotatable bonds is 14. The first-order chi connectivity index (χ1) is 16.2. The number of hydrogen-bond acceptors (Lipinski definition) is 4. The third-order valence-corrected chi connectivity index (χ3v) is 6.07. The molecular weight excluding hydrogens is 424 g/mol. The Bertz CT molecular complexity index is 885. The molecule has 1 aliphatic rings. The number of terminal acetylenes is 1. The van der Waals surface area contributed by atoms with Crippen molar-refractivity contribution in [2.75, 3.05) is 6.61 Å². The summed E-state index contributed by atoms with van der Waals surface area (Å²) in [4.78, 5) is 39.0. The van der Waals surface area contributed by atoms with Gasteiger partial charge in [0.15, 0.2) is 5.78 Å². The highest BCUT2D eigenvalue weighted by atomic mass is 16.5. The van der Waals surface area contributed by atoms with Crippen molar-refractivity contribution in [1.82, 2.24) is 0 Å². The summed E-state index contributed by atoms with van der Waals surface area (Å²) < 4.78 is 5.47. The van der Waals surface area contributed by atoms with Crippen molar-refractivity contribution >= 4 is 17.5 Å². The lowest BCUT2D eigenvalue weighted by Crippen LogP contribution is -2.23. The van der Waals surface area contributed by atoms with Gasteiger partial charge in [-0.2, -0.15) is 0 Å². The van der Waals surface area contributed by atoms with E-state index < -0.39 is 11.8 Å². The van der Waals surface area contributed by atoms with Gasteiger partial charge in [0, 0.05) is 12.0 Å². The van der Waals surface area contributed by atoms with Crippen LogP contribution in [0.15, 0.2) is 46.1 Å². The average Bonchev–Trinajstić information content (AvgIpc) is 2.77. The van der Waals surface area contributed by atoms with Crippen LogP contribution in [-0.4, -0.2) is 24.1 Å². The topological polar surface area (TPSA) is 60.4 Å². The number of ketones is 2. The summed E-state index contributed by atoms with van der Waals surface area (Å²) in [7, 11) is 0. The quantitative estimate of drug-likeness (QED) is 0.0404. The van der Waals surface area contributed by atoms with Crippen LogP contribution in [0.2, 0.25) is 0 Å². The Kier molecular flexibility index (Phi) is 13.9. The first-order valence-corrected chi connectivity index (χ1v) is 12.6. The molecule has 186 valence electrons. The number of Topliss-reactive ketones (excluding diaryl/α,β-unsaturated/α-hetero) is 2. The van der Waals surface area contributed by atoms with Gasteiger partial charge in [-0.1, -0.05) is 48.6 Å². The molecule has 0 aliphatic heterocycles. The Morgan fingerprint density at radius 2 is 1.88 bits per heavy atom. The maximum Gasteiger partial charge on any atom is 0.342 e. The van der Waals surface area contributed by atoms with E-state index in [1.807, 2.05) is 13.0 Å². The number of esters is 1. The number of ether oxygens (including phenoxy) is 1. The molecule has 0 amide bonds. The maximum absolute atomic E-state index is 13.3. The Labute approximate surface area is 206 Å². The van der Waals surface area contributed by atoms with Crippen LogP contribution >= 0.6 is 0 Å². The number of unbranched alkanes of at least 4 members (excludes halogenated alkanes) is 2. The van der Waals surface area contributed by atoms with Crippen LogP contribution in [0.4, 0.5) is 0 Å². The van der Waals surface area contributed by atoms with Crippen molar-refractivity contribution in [1.29, 1.82) is 0 Å². The van der Waals surface area contributed by atoms with Crippen molar-refractivity contribution in [2.24, 2.45) is 5.92 Å². The van der Waals surface area contributed by atoms with Gasteiger partial charge in [0.05, 0.1) is 0 Å². The van der Waals surface area contributed by atoms with E-state index in [2.05, 4.69) is 45.8 Å². The monoisotopic (exact) mass is 466 g/mol. The zero-order chi connectivity index (χ0) is 25.5. The normalized spacial score (nSPS) is 16.6. The molecule has 1 unspecified atom stereocenters. The molecular formula is C30H42O4. The molecule has 0 aromatic heterocycles. The van der Waals surface area contributed by atoms with Crippen LogP contribution in [-0.2, 0) is 19.1 Å². The molecule has 0 heterocycles. The predicted octanol–water partition coefficient (Wildman–Crippen LogP) is 7.01. The Balaban J connectivity index is 3.11. The van der Waals surface area contributed by atoms with Gasteiger partial charge in [-0.3, -0.25) is 9.59 Å². The summed E-state index contributed by atoms with van der Waals surface area (Å²) >= 11 is 0. The number of carbonyl (C=O) groups excluding carboxylic acids is 3. The summed E-state index contributed by atoms with van der Waals surface area (Å²) in [6, 6.07) is 0. The minimum atomic E-state index is -0.745. The van der Waals surface area contributed by atoms with Crippen LogP contribution in [0.5, 0.6) is 0 Å². The molecule has 0 saturated carbocycles. The molecule has 0 fully saturated rings. The zero-order valence-electron chi connectivity index (χ0n) is 21.8. The van der Waals surface area contributed by atoms with Gasteiger partial charge in [0.25, 0.3) is 0 Å². The van der Waals surface area contributed by atoms with Gasteiger partial charge in [0.2, 0.25) is 5.78 Å². The van der Waals surface area contributed by atoms with E-state index in [0.29, 0.717) is 12.8 Å². The molecule has 0 saturated heterocycles. The second-order valence-corrected chi connectivity index (χ2v) is 9.55. The third-order valence-electron chi connectivity index (χ3n) is 6.07. The van der Waals surface area contributed by atoms with Crippen molar-refractivity contribution < 1.29 is 19.1 Å². The van der Waals surface area contributed by atoms with E-state index >= 15 is 0 Å². The third kappa shape index (κ3) is 11.0. The predicted molar refractivity (Wildman–Crippen MR) is 139 cm³/mol. The summed E-state index contributed by atoms with van der Waals surface area (Å²) in [5.41, 5.74) is 3.61. The smallest absolute Gasteiger partial charge is 0.342 e. The van der Waals surface area contributed by atoms with Gasteiger partial charge in [-0.15, -0.1) is 6.42 Å². The number of allylic oxidation sites excluding steroid dienone is 6. The van der Waals surface area contributed by atoms with Crippen LogP contribution in [0.3, 0.4) is 0 Å². The summed E-state index contributed by atoms with van der Waals surface area (Å²) in [6.07, 6.45) is 19.3. The van der Waals surface area contributed by atoms with E-state index in [4.69, 9.17) is 11.2 Å². The number of hydrogen-bond donors (Lipinski definition) is 0. The molecule has 0 bridgehead atoms. The molecule has 0 aromatic rings. The van der Waals surface area contributed by atoms with E-state index in [1.165, 1.54) is 11.1 Å². The molecule has 1 aliphatic carbocycles. The summed E-state index contributed by atoms with van der Waals surface area (Å²) in [6.45, 7) is 10.3. The van der Waals surface area contributed by atoms with E-state index in [1.54, 1.807) is 0 Å². The fraction of sp³-hybridized carbons (Fsp3) is 0.567. The summed E-state index contributed by atoms with van der Waals surface area (Å²) in [5, 5.41) is 0. The lowest BCUT2D eigenvalue weighted by molar-refractivity contribution is -0.139. The highest BCUT2D eigenvalue weighted by Gasteiger charge is 2.29. The Morgan fingerprint density at radius 3 is 2.50 bits per heavy atom. The lowest BCUT2D eigenvalue weighted by Gasteiger charge is -2.20. The molecule has 0 aromatic carbocycles. The molecule has 0 radical (unpaired) electrons. The van der Waals surface area contributed by atoms with E-state index in [-0.39, 0.29) is 35.9 Å². The highest BCUT2D eigenvalue weighted by molar-refractivity contribution is 6.24. The largest absolute Gasteiger partial charge is 0.458 e. The van der Waals surface area contributed by atoms with Gasteiger partial charge < -0.3 is 4.74 Å². The van der Waals surface area contributed by atoms with Crippen LogP contribution in [0, 0.1) is 18.3 Å². The SMILES string of the molecule is C#CC(=O)/C(CCCCC)=C(\C(=O)CC1C=C(C)CCC1)C(=O)OC/C=C(\C)CCC=C(C)C. The molecule has 4 heteroatoms. The van der Waals surface area contributed by atoms with E-state index in [9.17, 15) is 14.4 Å². The number of carbonyl (C=O) groups is 3. The van der Waals surface area contributed by atoms with Gasteiger partial charge in [0.1, 0.15) is 12.2 Å². The maximum atomic E-state index is 13.3. The fourth-order valence-electron chi connectivity index (χ4n) is 4.13. The molecule has 4 nitrogen and oxygen atoms in total. The minimum absolute atomic E-state index is 0.0607. The lowest BCUT2D eigenvalue weighted by atomic mass is 9.85. The summed E-state index contributed by atoms with van der Waals surface area (Å²) in [5.74, 6) is 0.493. The second kappa shape index (κ2) is 16.0.